The van der Waals surface area contributed by atoms with Crippen LogP contribution in [-0.4, -0.2) is 19.9 Å². The smallest absolute Gasteiger partial charge is 0.167 e. The molecule has 10 aromatic rings. The Balaban J connectivity index is 1.22. The summed E-state index contributed by atoms with van der Waals surface area (Å²) in [6.07, 6.45) is 1.82. The minimum atomic E-state index is 0.540. The Morgan fingerprint density at radius 1 is 0.417 bits per heavy atom. The van der Waals surface area contributed by atoms with Crippen molar-refractivity contribution >= 4 is 54.8 Å². The van der Waals surface area contributed by atoms with Crippen LogP contribution >= 0.6 is 0 Å². The highest BCUT2D eigenvalue weighted by Crippen LogP contribution is 2.41. The molecule has 0 bridgehead atoms. The molecule has 224 valence electrons. The Kier molecular flexibility index (Phi) is 5.77. The zero-order valence-electron chi connectivity index (χ0n) is 25.5. The largest absolute Gasteiger partial charge is 0.455 e. The van der Waals surface area contributed by atoms with Crippen LogP contribution in [0.4, 0.5) is 0 Å². The molecule has 0 atom stereocenters. The Morgan fingerprint density at radius 3 is 2.00 bits per heavy atom. The number of aromatic nitrogens is 4. The highest BCUT2D eigenvalue weighted by Gasteiger charge is 2.21. The molecule has 10 rings (SSSR count). The second-order valence-electron chi connectivity index (χ2n) is 11.8. The summed E-state index contributed by atoms with van der Waals surface area (Å²) in [4.78, 5) is 19.8. The van der Waals surface area contributed by atoms with Gasteiger partial charge in [0.05, 0.1) is 11.1 Å². The van der Waals surface area contributed by atoms with Crippen LogP contribution in [0, 0.1) is 0 Å². The molecule has 48 heavy (non-hydrogen) atoms. The SMILES string of the molecule is c1ccc(-c2nc(-c3cccc4c3oc3ccccc34)nc(-c3cccc4oc5c(-c6ccc7cccnc7c6)cccc5c34)n2)cc1. The van der Waals surface area contributed by atoms with E-state index < -0.39 is 0 Å². The molecule has 6 nitrogen and oxygen atoms in total. The lowest BCUT2D eigenvalue weighted by molar-refractivity contribution is 0.669. The van der Waals surface area contributed by atoms with Crippen molar-refractivity contribution in [3.05, 3.63) is 146 Å². The van der Waals surface area contributed by atoms with Crippen LogP contribution in [0.3, 0.4) is 0 Å². The molecule has 4 heterocycles. The third-order valence-electron chi connectivity index (χ3n) is 8.99. The zero-order valence-corrected chi connectivity index (χ0v) is 25.5. The van der Waals surface area contributed by atoms with E-state index in [2.05, 4.69) is 65.6 Å². The lowest BCUT2D eigenvalue weighted by atomic mass is 9.99. The number of pyridine rings is 1. The van der Waals surface area contributed by atoms with E-state index in [4.69, 9.17) is 23.8 Å². The molecule has 0 fully saturated rings. The second-order valence-corrected chi connectivity index (χ2v) is 11.8. The van der Waals surface area contributed by atoms with E-state index in [1.807, 2.05) is 85.1 Å². The summed E-state index contributed by atoms with van der Waals surface area (Å²) < 4.78 is 13.0. The molecular formula is C42H24N4O2. The fourth-order valence-corrected chi connectivity index (χ4v) is 6.75. The molecule has 0 aliphatic rings. The van der Waals surface area contributed by atoms with Gasteiger partial charge < -0.3 is 8.83 Å². The van der Waals surface area contributed by atoms with E-state index in [0.717, 1.165) is 82.6 Å². The Hall–Kier alpha value is -6.66. The maximum Gasteiger partial charge on any atom is 0.167 e. The van der Waals surface area contributed by atoms with E-state index >= 15 is 0 Å². The third kappa shape index (κ3) is 4.13. The van der Waals surface area contributed by atoms with Gasteiger partial charge in [-0.3, -0.25) is 4.98 Å². The van der Waals surface area contributed by atoms with Gasteiger partial charge >= 0.3 is 0 Å². The first-order chi connectivity index (χ1) is 23.8. The Morgan fingerprint density at radius 2 is 1.08 bits per heavy atom. The molecule has 0 amide bonds. The number of fused-ring (bicyclic) bond motifs is 7. The van der Waals surface area contributed by atoms with Crippen LogP contribution in [0.2, 0.25) is 0 Å². The van der Waals surface area contributed by atoms with Gasteiger partial charge in [-0.05, 0) is 35.9 Å². The van der Waals surface area contributed by atoms with Gasteiger partial charge in [0.25, 0.3) is 0 Å². The molecule has 0 saturated heterocycles. The summed E-state index contributed by atoms with van der Waals surface area (Å²) in [7, 11) is 0. The summed E-state index contributed by atoms with van der Waals surface area (Å²) in [6, 6.07) is 46.9. The summed E-state index contributed by atoms with van der Waals surface area (Å²) >= 11 is 0. The molecule has 6 heteroatoms. The van der Waals surface area contributed by atoms with E-state index in [0.29, 0.717) is 17.5 Å². The fraction of sp³-hybridized carbons (Fsp3) is 0. The van der Waals surface area contributed by atoms with Crippen molar-refractivity contribution < 1.29 is 8.83 Å². The van der Waals surface area contributed by atoms with E-state index in [1.54, 1.807) is 0 Å². The van der Waals surface area contributed by atoms with Crippen LogP contribution < -0.4 is 0 Å². The first kappa shape index (κ1) is 26.5. The van der Waals surface area contributed by atoms with E-state index in [1.165, 1.54) is 0 Å². The van der Waals surface area contributed by atoms with E-state index in [9.17, 15) is 0 Å². The van der Waals surface area contributed by atoms with Crippen LogP contribution in [-0.2, 0) is 0 Å². The standard InChI is InChI=1S/C42H24N4O2/c1-2-10-26(11-3-1)40-44-41(46-42(45-40)33-18-7-15-30-29-13-4-5-19-35(29)47-39(30)33)32-17-8-20-36-37(32)31-16-6-14-28(38(31)48-36)27-22-21-25-12-9-23-43-34(25)24-27/h1-24H. The highest BCUT2D eigenvalue weighted by molar-refractivity contribution is 6.15. The minimum Gasteiger partial charge on any atom is -0.455 e. The molecule has 6 aromatic carbocycles. The van der Waals surface area contributed by atoms with Gasteiger partial charge in [0, 0.05) is 49.8 Å². The molecule has 0 aliphatic carbocycles. The molecule has 0 radical (unpaired) electrons. The average Bonchev–Trinajstić information content (AvgIpc) is 3.73. The predicted octanol–water partition coefficient (Wildman–Crippen LogP) is 10.9. The van der Waals surface area contributed by atoms with E-state index in [-0.39, 0.29) is 0 Å². The molecule has 0 N–H and O–H groups in total. The Bertz CT molecular complexity index is 2850. The topological polar surface area (TPSA) is 77.8 Å². The molecule has 0 spiro atoms. The lowest BCUT2D eigenvalue weighted by Crippen LogP contribution is -2.00. The van der Waals surface area contributed by atoms with Crippen molar-refractivity contribution in [3.8, 4) is 45.3 Å². The molecule has 0 saturated carbocycles. The van der Waals surface area contributed by atoms with Gasteiger partial charge in [-0.1, -0.05) is 109 Å². The average molecular weight is 617 g/mol. The molecule has 0 aliphatic heterocycles. The minimum absolute atomic E-state index is 0.540. The van der Waals surface area contributed by atoms with Gasteiger partial charge in [-0.15, -0.1) is 0 Å². The lowest BCUT2D eigenvalue weighted by Gasteiger charge is -2.09. The summed E-state index contributed by atoms with van der Waals surface area (Å²) in [5.74, 6) is 1.68. The van der Waals surface area contributed by atoms with Gasteiger partial charge in [-0.25, -0.2) is 15.0 Å². The quantitative estimate of drug-likeness (QED) is 0.196. The monoisotopic (exact) mass is 616 g/mol. The Labute approximate surface area is 274 Å². The predicted molar refractivity (Wildman–Crippen MR) is 191 cm³/mol. The molecular weight excluding hydrogens is 592 g/mol. The van der Waals surface area contributed by atoms with Gasteiger partial charge in [-0.2, -0.15) is 0 Å². The zero-order chi connectivity index (χ0) is 31.6. The summed E-state index contributed by atoms with van der Waals surface area (Å²) in [5, 5.41) is 5.11. The number of benzene rings is 6. The normalized spacial score (nSPS) is 11.8. The number of hydrogen-bond acceptors (Lipinski definition) is 6. The van der Waals surface area contributed by atoms with Crippen LogP contribution in [0.15, 0.2) is 155 Å². The van der Waals surface area contributed by atoms with Crippen molar-refractivity contribution in [1.82, 2.24) is 19.9 Å². The van der Waals surface area contributed by atoms with Crippen molar-refractivity contribution in [2.75, 3.05) is 0 Å². The van der Waals surface area contributed by atoms with Crippen molar-refractivity contribution in [2.24, 2.45) is 0 Å². The first-order valence-electron chi connectivity index (χ1n) is 15.8. The van der Waals surface area contributed by atoms with Crippen LogP contribution in [0.25, 0.3) is 100 Å². The molecule has 4 aromatic heterocycles. The van der Waals surface area contributed by atoms with Crippen molar-refractivity contribution in [3.63, 3.8) is 0 Å². The van der Waals surface area contributed by atoms with Gasteiger partial charge in [0.15, 0.2) is 17.5 Å². The number of rotatable bonds is 4. The molecule has 0 unspecified atom stereocenters. The van der Waals surface area contributed by atoms with Gasteiger partial charge in [0.1, 0.15) is 22.3 Å². The van der Waals surface area contributed by atoms with Crippen LogP contribution in [0.1, 0.15) is 0 Å². The maximum atomic E-state index is 6.63. The summed E-state index contributed by atoms with van der Waals surface area (Å²) in [6.45, 7) is 0. The van der Waals surface area contributed by atoms with Crippen molar-refractivity contribution in [2.45, 2.75) is 0 Å². The number of nitrogens with zero attached hydrogens (tertiary/aromatic N) is 4. The third-order valence-corrected chi connectivity index (χ3v) is 8.99. The fourth-order valence-electron chi connectivity index (χ4n) is 6.75. The highest BCUT2D eigenvalue weighted by atomic mass is 16.3. The van der Waals surface area contributed by atoms with Crippen molar-refractivity contribution in [1.29, 1.82) is 0 Å². The maximum absolute atomic E-state index is 6.63. The second kappa shape index (κ2) is 10.4. The number of furan rings is 2. The number of hydrogen-bond donors (Lipinski definition) is 0. The summed E-state index contributed by atoms with van der Waals surface area (Å²) in [5.41, 5.74) is 8.69. The first-order valence-corrected chi connectivity index (χ1v) is 15.8. The number of para-hydroxylation sites is 3. The van der Waals surface area contributed by atoms with Gasteiger partial charge in [0.2, 0.25) is 0 Å². The van der Waals surface area contributed by atoms with Crippen LogP contribution in [0.5, 0.6) is 0 Å².